The highest BCUT2D eigenvalue weighted by molar-refractivity contribution is 5.64. The van der Waals surface area contributed by atoms with Crippen LogP contribution in [0.5, 0.6) is 11.5 Å². The number of fused-ring (bicyclic) bond motifs is 1. The Morgan fingerprint density at radius 1 is 0.935 bits per heavy atom. The molecule has 2 aliphatic rings. The summed E-state index contributed by atoms with van der Waals surface area (Å²) < 4.78 is 16.3. The molecule has 1 fully saturated rings. The van der Waals surface area contributed by atoms with E-state index in [1.54, 1.807) is 0 Å². The first-order valence-electron chi connectivity index (χ1n) is 10.8. The Bertz CT molecular complexity index is 1010. The molecule has 7 heteroatoms. The van der Waals surface area contributed by atoms with E-state index in [0.717, 1.165) is 67.8 Å². The quantitative estimate of drug-likeness (QED) is 0.589. The Kier molecular flexibility index (Phi) is 5.78. The molecule has 0 bridgehead atoms. The minimum atomic E-state index is 0.272. The molecule has 3 heterocycles. The number of piperazine rings is 1. The monoisotopic (exact) mass is 420 g/mol. The highest BCUT2D eigenvalue weighted by Gasteiger charge is 2.17. The van der Waals surface area contributed by atoms with Gasteiger partial charge >= 0.3 is 0 Å². The third-order valence-corrected chi connectivity index (χ3v) is 5.90. The molecule has 1 N–H and O–H groups in total. The van der Waals surface area contributed by atoms with E-state index < -0.39 is 0 Å². The molecule has 1 saturated heterocycles. The van der Waals surface area contributed by atoms with E-state index in [9.17, 15) is 0 Å². The Labute approximate surface area is 182 Å². The summed E-state index contributed by atoms with van der Waals surface area (Å²) in [5.41, 5.74) is 4.41. The summed E-state index contributed by atoms with van der Waals surface area (Å²) in [6.07, 6.45) is 0. The van der Waals surface area contributed by atoms with Gasteiger partial charge in [0.1, 0.15) is 5.69 Å². The van der Waals surface area contributed by atoms with E-state index >= 15 is 0 Å². The van der Waals surface area contributed by atoms with Crippen molar-refractivity contribution >= 4 is 5.69 Å². The van der Waals surface area contributed by atoms with Crippen LogP contribution in [-0.2, 0) is 6.54 Å². The molecule has 0 saturated carbocycles. The first kappa shape index (κ1) is 19.9. The second-order valence-corrected chi connectivity index (χ2v) is 8.09. The number of aromatic nitrogens is 1. The van der Waals surface area contributed by atoms with Crippen molar-refractivity contribution in [3.05, 3.63) is 59.9 Å². The van der Waals surface area contributed by atoms with Gasteiger partial charge in [0.25, 0.3) is 0 Å². The number of nitrogens with one attached hydrogen (secondary N) is 1. The van der Waals surface area contributed by atoms with Crippen LogP contribution in [0.3, 0.4) is 0 Å². The Morgan fingerprint density at radius 2 is 1.74 bits per heavy atom. The summed E-state index contributed by atoms with van der Waals surface area (Å²) in [5, 5.41) is 7.67. The number of nitrogens with zero attached hydrogens (tertiary/aromatic N) is 3. The topological polar surface area (TPSA) is 63.0 Å². The summed E-state index contributed by atoms with van der Waals surface area (Å²) in [5.74, 6) is 2.35. The van der Waals surface area contributed by atoms with Gasteiger partial charge in [-0.05, 0) is 37.3 Å². The smallest absolute Gasteiger partial charge is 0.231 e. The van der Waals surface area contributed by atoms with Gasteiger partial charge in [0.2, 0.25) is 6.79 Å². The third kappa shape index (κ3) is 4.68. The van der Waals surface area contributed by atoms with E-state index in [2.05, 4.69) is 51.5 Å². The molecule has 0 unspecified atom stereocenters. The molecule has 7 nitrogen and oxygen atoms in total. The maximum Gasteiger partial charge on any atom is 0.231 e. The lowest BCUT2D eigenvalue weighted by Gasteiger charge is -2.36. The van der Waals surface area contributed by atoms with Gasteiger partial charge in [-0.25, -0.2) is 0 Å². The van der Waals surface area contributed by atoms with Crippen molar-refractivity contribution in [2.45, 2.75) is 13.5 Å². The zero-order valence-corrected chi connectivity index (χ0v) is 17.8. The number of anilines is 1. The summed E-state index contributed by atoms with van der Waals surface area (Å²) >= 11 is 0. The van der Waals surface area contributed by atoms with Crippen LogP contribution in [0.15, 0.2) is 53.1 Å². The number of hydrogen-bond donors (Lipinski definition) is 1. The highest BCUT2D eigenvalue weighted by atomic mass is 16.7. The van der Waals surface area contributed by atoms with E-state index in [4.69, 9.17) is 14.0 Å². The average molecular weight is 421 g/mol. The molecule has 162 valence electrons. The van der Waals surface area contributed by atoms with Crippen LogP contribution in [-0.4, -0.2) is 56.1 Å². The lowest BCUT2D eigenvalue weighted by Crippen LogP contribution is -2.48. The molecular formula is C24H28N4O3. The molecular weight excluding hydrogens is 392 g/mol. The Morgan fingerprint density at radius 3 is 2.58 bits per heavy atom. The van der Waals surface area contributed by atoms with Crippen LogP contribution < -0.4 is 19.7 Å². The predicted octanol–water partition coefficient (Wildman–Crippen LogP) is 3.29. The molecule has 5 rings (SSSR count). The van der Waals surface area contributed by atoms with Gasteiger partial charge < -0.3 is 24.2 Å². The van der Waals surface area contributed by atoms with Gasteiger partial charge in [0, 0.05) is 56.6 Å². The fourth-order valence-electron chi connectivity index (χ4n) is 4.02. The minimum Gasteiger partial charge on any atom is -0.454 e. The fraction of sp³-hybridized carbons (Fsp3) is 0.375. The Balaban J connectivity index is 1.05. The zero-order chi connectivity index (χ0) is 21.0. The normalized spacial score (nSPS) is 16.1. The number of rotatable bonds is 7. The summed E-state index contributed by atoms with van der Waals surface area (Å²) in [6, 6.07) is 16.6. The standard InChI is InChI=1S/C24H28N4O3/c1-18-2-5-20(6-3-18)28-12-10-27(11-13-28)9-8-25-16-21-15-22(26-31-21)19-4-7-23-24(14-19)30-17-29-23/h2-7,14-15,25H,8-13,16-17H2,1H3. The molecule has 0 amide bonds. The molecule has 3 aromatic rings. The van der Waals surface area contributed by atoms with Gasteiger partial charge in [-0.1, -0.05) is 22.9 Å². The summed E-state index contributed by atoms with van der Waals surface area (Å²) in [4.78, 5) is 4.98. The largest absolute Gasteiger partial charge is 0.454 e. The second-order valence-electron chi connectivity index (χ2n) is 8.09. The van der Waals surface area contributed by atoms with E-state index in [1.807, 2.05) is 24.3 Å². The number of hydrogen-bond acceptors (Lipinski definition) is 7. The van der Waals surface area contributed by atoms with Crippen LogP contribution in [0.25, 0.3) is 11.3 Å². The van der Waals surface area contributed by atoms with Crippen molar-refractivity contribution in [3.63, 3.8) is 0 Å². The summed E-state index contributed by atoms with van der Waals surface area (Å²) in [7, 11) is 0. The van der Waals surface area contributed by atoms with Crippen LogP contribution in [0.2, 0.25) is 0 Å². The van der Waals surface area contributed by atoms with Crippen LogP contribution >= 0.6 is 0 Å². The maximum absolute atomic E-state index is 5.50. The molecule has 1 aromatic heterocycles. The van der Waals surface area contributed by atoms with Crippen molar-refractivity contribution in [2.24, 2.45) is 0 Å². The van der Waals surface area contributed by atoms with Gasteiger partial charge in [0.05, 0.1) is 6.54 Å². The fourth-order valence-corrected chi connectivity index (χ4v) is 4.02. The lowest BCUT2D eigenvalue weighted by molar-refractivity contribution is 0.174. The van der Waals surface area contributed by atoms with Crippen LogP contribution in [0.1, 0.15) is 11.3 Å². The van der Waals surface area contributed by atoms with E-state index in [1.165, 1.54) is 11.3 Å². The molecule has 0 atom stereocenters. The second kappa shape index (κ2) is 8.99. The summed E-state index contributed by atoms with van der Waals surface area (Å²) in [6.45, 7) is 9.35. The van der Waals surface area contributed by atoms with Crippen molar-refractivity contribution in [3.8, 4) is 22.8 Å². The van der Waals surface area contributed by atoms with Crippen LogP contribution in [0, 0.1) is 6.92 Å². The maximum atomic E-state index is 5.50. The molecule has 0 radical (unpaired) electrons. The highest BCUT2D eigenvalue weighted by Crippen LogP contribution is 2.35. The molecule has 2 aliphatic heterocycles. The third-order valence-electron chi connectivity index (χ3n) is 5.90. The molecule has 31 heavy (non-hydrogen) atoms. The average Bonchev–Trinajstić information content (AvgIpc) is 3.47. The Hall–Kier alpha value is -3.03. The van der Waals surface area contributed by atoms with Crippen molar-refractivity contribution in [2.75, 3.05) is 51.0 Å². The first-order valence-corrected chi connectivity index (χ1v) is 10.8. The SMILES string of the molecule is Cc1ccc(N2CCN(CCNCc3cc(-c4ccc5c(c4)OCO5)no3)CC2)cc1. The van der Waals surface area contributed by atoms with E-state index in [0.29, 0.717) is 6.54 Å². The van der Waals surface area contributed by atoms with Gasteiger partial charge in [0.15, 0.2) is 17.3 Å². The minimum absolute atomic E-state index is 0.272. The number of benzene rings is 2. The van der Waals surface area contributed by atoms with Gasteiger partial charge in [-0.2, -0.15) is 0 Å². The molecule has 0 spiro atoms. The zero-order valence-electron chi connectivity index (χ0n) is 17.8. The van der Waals surface area contributed by atoms with Gasteiger partial charge in [-0.3, -0.25) is 4.90 Å². The molecule has 2 aromatic carbocycles. The molecule has 0 aliphatic carbocycles. The van der Waals surface area contributed by atoms with Crippen LogP contribution in [0.4, 0.5) is 5.69 Å². The van der Waals surface area contributed by atoms with Crippen molar-refractivity contribution in [1.29, 1.82) is 0 Å². The number of aryl methyl sites for hydroxylation is 1. The number of ether oxygens (including phenoxy) is 2. The lowest BCUT2D eigenvalue weighted by atomic mass is 10.1. The van der Waals surface area contributed by atoms with Crippen molar-refractivity contribution < 1.29 is 14.0 Å². The van der Waals surface area contributed by atoms with Crippen molar-refractivity contribution in [1.82, 2.24) is 15.4 Å². The van der Waals surface area contributed by atoms with Gasteiger partial charge in [-0.15, -0.1) is 0 Å². The first-order chi connectivity index (χ1) is 15.2. The predicted molar refractivity (Wildman–Crippen MR) is 120 cm³/mol. The van der Waals surface area contributed by atoms with E-state index in [-0.39, 0.29) is 6.79 Å².